The summed E-state index contributed by atoms with van der Waals surface area (Å²) < 4.78 is 29.3. The van der Waals surface area contributed by atoms with Gasteiger partial charge in [-0.15, -0.1) is 10.2 Å². The topological polar surface area (TPSA) is 68.1 Å². The van der Waals surface area contributed by atoms with Crippen LogP contribution in [-0.4, -0.2) is 40.6 Å². The first-order chi connectivity index (χ1) is 10.9. The fraction of sp³-hybridized carbons (Fsp3) is 0.500. The van der Waals surface area contributed by atoms with Gasteiger partial charge in [-0.05, 0) is 49.9 Å². The second-order valence-electron chi connectivity index (χ2n) is 6.25. The lowest BCUT2D eigenvalue weighted by molar-refractivity contribution is 0.306. The van der Waals surface area contributed by atoms with E-state index >= 15 is 0 Å². The van der Waals surface area contributed by atoms with Gasteiger partial charge < -0.3 is 4.57 Å². The number of aryl methyl sites for hydroxylation is 3. The molecule has 0 bridgehead atoms. The van der Waals surface area contributed by atoms with Crippen LogP contribution in [0.5, 0.6) is 0 Å². The summed E-state index contributed by atoms with van der Waals surface area (Å²) in [4.78, 5) is 0.374. The van der Waals surface area contributed by atoms with E-state index in [1.807, 2.05) is 31.5 Å². The van der Waals surface area contributed by atoms with Gasteiger partial charge in [-0.2, -0.15) is 4.31 Å². The maximum absolute atomic E-state index is 12.9. The molecular weight excluding hydrogens is 312 g/mol. The predicted octanol–water partition coefficient (Wildman–Crippen LogP) is 2.00. The van der Waals surface area contributed by atoms with Crippen LogP contribution in [0.1, 0.15) is 35.7 Å². The summed E-state index contributed by atoms with van der Waals surface area (Å²) in [6, 6.07) is 5.33. The third-order valence-corrected chi connectivity index (χ3v) is 6.47. The van der Waals surface area contributed by atoms with Gasteiger partial charge in [0.05, 0.1) is 4.90 Å². The van der Waals surface area contributed by atoms with Crippen molar-refractivity contribution >= 4 is 10.0 Å². The molecule has 0 aliphatic carbocycles. The van der Waals surface area contributed by atoms with E-state index in [4.69, 9.17) is 0 Å². The minimum Gasteiger partial charge on any atom is -0.320 e. The van der Waals surface area contributed by atoms with Gasteiger partial charge in [-0.3, -0.25) is 0 Å². The number of rotatable bonds is 3. The van der Waals surface area contributed by atoms with Gasteiger partial charge in [-0.25, -0.2) is 8.42 Å². The standard InChI is InChI=1S/C16H22N4O2S/c1-12-6-7-15(9-13(12)2)23(21,22)20-8-4-5-14(10-20)16-18-17-11-19(16)3/h6-7,9,11,14H,4-5,8,10H2,1-3H3. The Hall–Kier alpha value is -1.73. The van der Waals surface area contributed by atoms with Crippen molar-refractivity contribution in [3.8, 4) is 0 Å². The van der Waals surface area contributed by atoms with Crippen molar-refractivity contribution in [3.63, 3.8) is 0 Å². The van der Waals surface area contributed by atoms with Crippen LogP contribution >= 0.6 is 0 Å². The molecule has 0 amide bonds. The highest BCUT2D eigenvalue weighted by Crippen LogP contribution is 2.29. The molecule has 0 saturated carbocycles. The lowest BCUT2D eigenvalue weighted by Crippen LogP contribution is -2.39. The molecule has 1 aromatic carbocycles. The highest BCUT2D eigenvalue weighted by Gasteiger charge is 2.32. The average molecular weight is 334 g/mol. The van der Waals surface area contributed by atoms with E-state index in [0.29, 0.717) is 18.0 Å². The van der Waals surface area contributed by atoms with Crippen LogP contribution in [0.25, 0.3) is 0 Å². The van der Waals surface area contributed by atoms with Crippen LogP contribution in [0.3, 0.4) is 0 Å². The van der Waals surface area contributed by atoms with Gasteiger partial charge in [0.15, 0.2) is 0 Å². The fourth-order valence-electron chi connectivity index (χ4n) is 3.06. The predicted molar refractivity (Wildman–Crippen MR) is 87.7 cm³/mol. The maximum Gasteiger partial charge on any atom is 0.243 e. The number of nitrogens with zero attached hydrogens (tertiary/aromatic N) is 4. The van der Waals surface area contributed by atoms with E-state index in [9.17, 15) is 8.42 Å². The summed E-state index contributed by atoms with van der Waals surface area (Å²) in [5, 5.41) is 8.05. The van der Waals surface area contributed by atoms with Gasteiger partial charge in [0, 0.05) is 26.1 Å². The molecule has 1 unspecified atom stereocenters. The Morgan fingerprint density at radius 2 is 2.00 bits per heavy atom. The van der Waals surface area contributed by atoms with Crippen LogP contribution in [0, 0.1) is 13.8 Å². The number of hydrogen-bond donors (Lipinski definition) is 0. The Kier molecular flexibility index (Phi) is 4.25. The zero-order chi connectivity index (χ0) is 16.6. The molecule has 6 nitrogen and oxygen atoms in total. The molecule has 1 aliphatic rings. The monoisotopic (exact) mass is 334 g/mol. The number of sulfonamides is 1. The quantitative estimate of drug-likeness (QED) is 0.861. The molecule has 1 aromatic heterocycles. The van der Waals surface area contributed by atoms with E-state index in [1.165, 1.54) is 0 Å². The first kappa shape index (κ1) is 16.1. The lowest BCUT2D eigenvalue weighted by Gasteiger charge is -2.31. The molecule has 7 heteroatoms. The maximum atomic E-state index is 12.9. The zero-order valence-corrected chi connectivity index (χ0v) is 14.5. The Labute approximate surface area is 137 Å². The van der Waals surface area contributed by atoms with Crippen molar-refractivity contribution in [1.29, 1.82) is 0 Å². The minimum atomic E-state index is -3.46. The number of benzene rings is 1. The summed E-state index contributed by atoms with van der Waals surface area (Å²) in [6.07, 6.45) is 3.43. The highest BCUT2D eigenvalue weighted by atomic mass is 32.2. The molecule has 3 rings (SSSR count). The van der Waals surface area contributed by atoms with E-state index in [-0.39, 0.29) is 5.92 Å². The summed E-state index contributed by atoms with van der Waals surface area (Å²) in [7, 11) is -1.57. The molecule has 124 valence electrons. The summed E-state index contributed by atoms with van der Waals surface area (Å²) in [5.41, 5.74) is 2.09. The van der Waals surface area contributed by atoms with E-state index < -0.39 is 10.0 Å². The van der Waals surface area contributed by atoms with Crippen molar-refractivity contribution in [3.05, 3.63) is 41.5 Å². The number of hydrogen-bond acceptors (Lipinski definition) is 4. The van der Waals surface area contributed by atoms with Crippen LogP contribution < -0.4 is 0 Å². The summed E-state index contributed by atoms with van der Waals surface area (Å²) >= 11 is 0. The van der Waals surface area contributed by atoms with Crippen LogP contribution in [0.4, 0.5) is 0 Å². The Balaban J connectivity index is 1.88. The summed E-state index contributed by atoms with van der Waals surface area (Å²) in [5.74, 6) is 0.947. The Morgan fingerprint density at radius 3 is 2.65 bits per heavy atom. The third kappa shape index (κ3) is 3.03. The molecule has 1 fully saturated rings. The number of aromatic nitrogens is 3. The van der Waals surface area contributed by atoms with E-state index in [1.54, 1.807) is 22.8 Å². The largest absolute Gasteiger partial charge is 0.320 e. The molecule has 23 heavy (non-hydrogen) atoms. The molecule has 0 spiro atoms. The van der Waals surface area contributed by atoms with Crippen molar-refractivity contribution in [1.82, 2.24) is 19.1 Å². The Morgan fingerprint density at radius 1 is 1.22 bits per heavy atom. The Bertz CT molecular complexity index is 813. The molecule has 2 aromatic rings. The van der Waals surface area contributed by atoms with Crippen LogP contribution in [0.15, 0.2) is 29.4 Å². The van der Waals surface area contributed by atoms with Crippen molar-refractivity contribution in [2.45, 2.75) is 37.5 Å². The van der Waals surface area contributed by atoms with Crippen molar-refractivity contribution < 1.29 is 8.42 Å². The van der Waals surface area contributed by atoms with Crippen molar-refractivity contribution in [2.24, 2.45) is 7.05 Å². The van der Waals surface area contributed by atoms with Gasteiger partial charge in [0.25, 0.3) is 0 Å². The molecule has 0 N–H and O–H groups in total. The first-order valence-electron chi connectivity index (χ1n) is 7.81. The molecule has 1 saturated heterocycles. The zero-order valence-electron chi connectivity index (χ0n) is 13.7. The number of piperidine rings is 1. The molecule has 2 heterocycles. The normalized spacial score (nSPS) is 19.9. The van der Waals surface area contributed by atoms with Gasteiger partial charge in [0.1, 0.15) is 12.2 Å². The highest BCUT2D eigenvalue weighted by molar-refractivity contribution is 7.89. The minimum absolute atomic E-state index is 0.0950. The molecule has 0 radical (unpaired) electrons. The second kappa shape index (κ2) is 6.05. The molecular formula is C16H22N4O2S. The van der Waals surface area contributed by atoms with Crippen LogP contribution in [0.2, 0.25) is 0 Å². The average Bonchev–Trinajstić information content (AvgIpc) is 2.96. The molecule has 1 aliphatic heterocycles. The van der Waals surface area contributed by atoms with Crippen LogP contribution in [-0.2, 0) is 17.1 Å². The van der Waals surface area contributed by atoms with E-state index in [2.05, 4.69) is 10.2 Å². The second-order valence-corrected chi connectivity index (χ2v) is 8.19. The van der Waals surface area contributed by atoms with E-state index in [0.717, 1.165) is 29.8 Å². The summed E-state index contributed by atoms with van der Waals surface area (Å²) in [6.45, 7) is 4.94. The van der Waals surface area contributed by atoms with Gasteiger partial charge >= 0.3 is 0 Å². The lowest BCUT2D eigenvalue weighted by atomic mass is 9.99. The van der Waals surface area contributed by atoms with Crippen molar-refractivity contribution in [2.75, 3.05) is 13.1 Å². The SMILES string of the molecule is Cc1ccc(S(=O)(=O)N2CCCC(c3nncn3C)C2)cc1C. The smallest absolute Gasteiger partial charge is 0.243 e. The third-order valence-electron chi connectivity index (χ3n) is 4.61. The van der Waals surface area contributed by atoms with Gasteiger partial charge in [0.2, 0.25) is 10.0 Å². The first-order valence-corrected chi connectivity index (χ1v) is 9.25. The molecule has 1 atom stereocenters. The van der Waals surface area contributed by atoms with Gasteiger partial charge in [-0.1, -0.05) is 6.07 Å². The fourth-order valence-corrected chi connectivity index (χ4v) is 4.67.